The molecule has 7 nitrogen and oxygen atoms in total. The van der Waals surface area contributed by atoms with Crippen molar-refractivity contribution < 1.29 is 34.5 Å². The molecule has 0 aromatic carbocycles. The molecule has 4 fully saturated rings. The number of carboxylic acids is 3. The van der Waals surface area contributed by atoms with Crippen LogP contribution in [0.15, 0.2) is 0 Å². The first-order chi connectivity index (χ1) is 15.4. The van der Waals surface area contributed by atoms with Crippen LogP contribution in [0.4, 0.5) is 0 Å². The highest BCUT2D eigenvalue weighted by Crippen LogP contribution is 2.69. The molecule has 4 saturated carbocycles. The lowest BCUT2D eigenvalue weighted by Crippen LogP contribution is -2.61. The van der Waals surface area contributed by atoms with Gasteiger partial charge in [0.2, 0.25) is 0 Å². The fourth-order valence-electron chi connectivity index (χ4n) is 9.05. The number of Topliss-reactive ketones (excluding diaryl/α,β-unsaturated/α-hetero) is 1. The van der Waals surface area contributed by atoms with Gasteiger partial charge in [-0.15, -0.1) is 0 Å². The van der Waals surface area contributed by atoms with Gasteiger partial charge in [-0.2, -0.15) is 0 Å². The van der Waals surface area contributed by atoms with Gasteiger partial charge in [0, 0.05) is 18.8 Å². The summed E-state index contributed by atoms with van der Waals surface area (Å²) in [5.41, 5.74) is -0.728. The fourth-order valence-corrected chi connectivity index (χ4v) is 9.05. The van der Waals surface area contributed by atoms with Gasteiger partial charge in [-0.1, -0.05) is 20.8 Å². The highest BCUT2D eigenvalue weighted by atomic mass is 16.4. The molecule has 4 aliphatic carbocycles. The van der Waals surface area contributed by atoms with Crippen molar-refractivity contribution in [3.05, 3.63) is 0 Å². The molecule has 184 valence electrons. The molecule has 0 aliphatic heterocycles. The zero-order valence-corrected chi connectivity index (χ0v) is 20.0. The Morgan fingerprint density at radius 1 is 1.00 bits per heavy atom. The molecule has 10 atom stereocenters. The molecule has 0 spiro atoms. The lowest BCUT2D eigenvalue weighted by Gasteiger charge is -2.61. The Labute approximate surface area is 195 Å². The third-order valence-electron chi connectivity index (χ3n) is 10.8. The van der Waals surface area contributed by atoms with E-state index in [2.05, 4.69) is 13.8 Å². The first-order valence-corrected chi connectivity index (χ1v) is 12.6. The first-order valence-electron chi connectivity index (χ1n) is 12.6. The van der Waals surface area contributed by atoms with Crippen molar-refractivity contribution in [3.8, 4) is 0 Å². The Morgan fingerprint density at radius 3 is 2.30 bits per heavy atom. The van der Waals surface area contributed by atoms with Crippen molar-refractivity contribution >= 4 is 23.7 Å². The summed E-state index contributed by atoms with van der Waals surface area (Å²) in [6, 6.07) is 0. The molecular weight excluding hydrogens is 424 g/mol. The van der Waals surface area contributed by atoms with Crippen molar-refractivity contribution in [2.45, 2.75) is 78.6 Å². The average molecular weight is 463 g/mol. The van der Waals surface area contributed by atoms with Gasteiger partial charge < -0.3 is 15.3 Å². The highest BCUT2D eigenvalue weighted by Gasteiger charge is 2.67. The third kappa shape index (κ3) is 3.70. The summed E-state index contributed by atoms with van der Waals surface area (Å²) in [5.74, 6) is -3.22. The smallest absolute Gasteiger partial charge is 0.307 e. The predicted octanol–water partition coefficient (Wildman–Crippen LogP) is 4.34. The molecule has 0 saturated heterocycles. The maximum absolute atomic E-state index is 13.6. The van der Waals surface area contributed by atoms with E-state index in [0.29, 0.717) is 32.1 Å². The van der Waals surface area contributed by atoms with E-state index in [1.165, 1.54) is 0 Å². The molecule has 0 radical (unpaired) electrons. The van der Waals surface area contributed by atoms with Crippen molar-refractivity contribution in [1.82, 2.24) is 0 Å². The quantitative estimate of drug-likeness (QED) is 0.535. The SMILES string of the molecule is C[C@@H](CCC(=O)O)[C@H]1CCC2C3C(=O)C[C@@H]4C[C@H](C(=O)O)CC[C@]4(C)C3C[C@H](C(=O)O)[C@@]21C. The van der Waals surface area contributed by atoms with Crippen LogP contribution in [0.3, 0.4) is 0 Å². The molecule has 0 heterocycles. The second-order valence-electron chi connectivity index (χ2n) is 12.0. The lowest BCUT2D eigenvalue weighted by molar-refractivity contribution is -0.182. The number of hydrogen-bond donors (Lipinski definition) is 3. The number of ketones is 1. The fraction of sp³-hybridized carbons (Fsp3) is 0.846. The van der Waals surface area contributed by atoms with Crippen LogP contribution >= 0.6 is 0 Å². The first kappa shape index (κ1) is 24.2. The summed E-state index contributed by atoms with van der Waals surface area (Å²) < 4.78 is 0. The van der Waals surface area contributed by atoms with E-state index in [4.69, 9.17) is 5.11 Å². The van der Waals surface area contributed by atoms with Gasteiger partial charge in [0.25, 0.3) is 0 Å². The van der Waals surface area contributed by atoms with Crippen molar-refractivity contribution in [3.63, 3.8) is 0 Å². The topological polar surface area (TPSA) is 129 Å². The van der Waals surface area contributed by atoms with Gasteiger partial charge in [0.05, 0.1) is 11.8 Å². The number of carbonyl (C=O) groups excluding carboxylic acids is 1. The molecular formula is C26H38O7. The highest BCUT2D eigenvalue weighted by molar-refractivity contribution is 5.84. The monoisotopic (exact) mass is 462 g/mol. The molecule has 3 unspecified atom stereocenters. The number of carbonyl (C=O) groups is 4. The summed E-state index contributed by atoms with van der Waals surface area (Å²) in [6.07, 6.45) is 4.95. The van der Waals surface area contributed by atoms with Gasteiger partial charge in [-0.25, -0.2) is 0 Å². The van der Waals surface area contributed by atoms with Crippen LogP contribution < -0.4 is 0 Å². The van der Waals surface area contributed by atoms with E-state index in [-0.39, 0.29) is 53.1 Å². The average Bonchev–Trinajstić information content (AvgIpc) is 3.09. The number of hydrogen-bond acceptors (Lipinski definition) is 4. The van der Waals surface area contributed by atoms with Crippen molar-refractivity contribution in [2.75, 3.05) is 0 Å². The van der Waals surface area contributed by atoms with Crippen LogP contribution in [0, 0.1) is 58.2 Å². The minimum Gasteiger partial charge on any atom is -0.481 e. The summed E-state index contributed by atoms with van der Waals surface area (Å²) in [5, 5.41) is 29.1. The van der Waals surface area contributed by atoms with Crippen LogP contribution in [-0.4, -0.2) is 39.0 Å². The lowest BCUT2D eigenvalue weighted by atomic mass is 9.41. The summed E-state index contributed by atoms with van der Waals surface area (Å²) in [7, 11) is 0. The molecule has 0 bridgehead atoms. The predicted molar refractivity (Wildman–Crippen MR) is 119 cm³/mol. The van der Waals surface area contributed by atoms with Gasteiger partial charge >= 0.3 is 17.9 Å². The number of fused-ring (bicyclic) bond motifs is 5. The molecule has 33 heavy (non-hydrogen) atoms. The van der Waals surface area contributed by atoms with Crippen LogP contribution in [-0.2, 0) is 19.2 Å². The number of aliphatic carboxylic acids is 3. The van der Waals surface area contributed by atoms with E-state index >= 15 is 0 Å². The molecule has 0 amide bonds. The summed E-state index contributed by atoms with van der Waals surface area (Å²) in [4.78, 5) is 49.0. The Bertz CT molecular complexity index is 852. The van der Waals surface area contributed by atoms with Crippen LogP contribution in [0.25, 0.3) is 0 Å². The van der Waals surface area contributed by atoms with E-state index < -0.39 is 35.2 Å². The van der Waals surface area contributed by atoms with Gasteiger partial charge in [-0.3, -0.25) is 19.2 Å². The summed E-state index contributed by atoms with van der Waals surface area (Å²) in [6.45, 7) is 6.29. The second-order valence-corrected chi connectivity index (χ2v) is 12.0. The molecule has 0 aromatic heterocycles. The second kappa shape index (κ2) is 8.38. The van der Waals surface area contributed by atoms with E-state index in [1.54, 1.807) is 0 Å². The Hall–Kier alpha value is -1.92. The van der Waals surface area contributed by atoms with Crippen molar-refractivity contribution in [1.29, 1.82) is 0 Å². The van der Waals surface area contributed by atoms with Gasteiger partial charge in [-0.05, 0) is 85.4 Å². The van der Waals surface area contributed by atoms with Gasteiger partial charge in [0.15, 0.2) is 0 Å². The third-order valence-corrected chi connectivity index (χ3v) is 10.8. The Kier molecular flexibility index (Phi) is 6.15. The number of carboxylic acid groups (broad SMARTS) is 3. The molecule has 0 aromatic rings. The molecule has 4 rings (SSSR count). The normalized spacial score (nSPS) is 45.4. The largest absolute Gasteiger partial charge is 0.481 e. The zero-order valence-electron chi connectivity index (χ0n) is 20.0. The molecule has 7 heteroatoms. The Morgan fingerprint density at radius 2 is 1.70 bits per heavy atom. The maximum atomic E-state index is 13.6. The van der Waals surface area contributed by atoms with E-state index in [1.807, 2.05) is 6.92 Å². The van der Waals surface area contributed by atoms with Crippen LogP contribution in [0.2, 0.25) is 0 Å². The van der Waals surface area contributed by atoms with Crippen LogP contribution in [0.5, 0.6) is 0 Å². The van der Waals surface area contributed by atoms with Crippen LogP contribution in [0.1, 0.15) is 78.6 Å². The summed E-state index contributed by atoms with van der Waals surface area (Å²) >= 11 is 0. The standard InChI is InChI=1S/C26H38O7/c1-13(4-7-21(28)29)16-5-6-17-22-18(12-19(24(32)33)26(16,17)3)25(2)9-8-14(23(30)31)10-15(25)11-20(22)27/h13-19,22H,4-12H2,1-3H3,(H,28,29)(H,30,31)(H,32,33)/t13-,14+,15-,16+,17?,18?,19+,22?,25-,26+/m0/s1. The zero-order chi connectivity index (χ0) is 24.3. The number of rotatable bonds is 6. The minimum absolute atomic E-state index is 0.00268. The van der Waals surface area contributed by atoms with E-state index in [9.17, 15) is 29.4 Å². The van der Waals surface area contributed by atoms with Crippen molar-refractivity contribution in [2.24, 2.45) is 58.2 Å². The maximum Gasteiger partial charge on any atom is 0.307 e. The molecule has 3 N–H and O–H groups in total. The molecule has 4 aliphatic rings. The van der Waals surface area contributed by atoms with E-state index in [0.717, 1.165) is 19.3 Å². The van der Waals surface area contributed by atoms with Gasteiger partial charge in [0.1, 0.15) is 5.78 Å². The Balaban J connectivity index is 1.67. The minimum atomic E-state index is -0.835.